The first-order valence-electron chi connectivity index (χ1n) is 8.91. The Morgan fingerprint density at radius 2 is 1.68 bits per heavy atom. The van der Waals surface area contributed by atoms with Gasteiger partial charge in [0, 0.05) is 56.7 Å². The summed E-state index contributed by atoms with van der Waals surface area (Å²) in [6.45, 7) is 7.75. The zero-order valence-electron chi connectivity index (χ0n) is 15.4. The van der Waals surface area contributed by atoms with E-state index >= 15 is 0 Å². The molecule has 1 fully saturated rings. The third kappa shape index (κ3) is 4.82. The molecule has 0 unspecified atom stereocenters. The number of nitrogens with one attached hydrogen (secondary N) is 1. The molecule has 0 radical (unpaired) electrons. The molecule has 6 heteroatoms. The Labute approximate surface area is 150 Å². The van der Waals surface area contributed by atoms with E-state index in [0.29, 0.717) is 0 Å². The van der Waals surface area contributed by atoms with Gasteiger partial charge >= 0.3 is 0 Å². The van der Waals surface area contributed by atoms with Crippen LogP contribution in [0.4, 0.5) is 17.5 Å². The van der Waals surface area contributed by atoms with Crippen molar-refractivity contribution in [3.8, 4) is 0 Å². The average molecular weight is 340 g/mol. The van der Waals surface area contributed by atoms with Crippen LogP contribution in [0.15, 0.2) is 36.4 Å². The Kier molecular flexibility index (Phi) is 5.71. The molecule has 1 aromatic heterocycles. The van der Waals surface area contributed by atoms with Crippen LogP contribution in [-0.2, 0) is 0 Å². The van der Waals surface area contributed by atoms with Crippen molar-refractivity contribution in [1.29, 1.82) is 0 Å². The first-order valence-corrected chi connectivity index (χ1v) is 8.91. The topological polar surface area (TPSA) is 47.5 Å². The molecule has 1 N–H and O–H groups in total. The minimum absolute atomic E-state index is 0.833. The fourth-order valence-corrected chi connectivity index (χ4v) is 3.00. The van der Waals surface area contributed by atoms with Crippen LogP contribution in [0.2, 0.25) is 0 Å². The zero-order valence-corrected chi connectivity index (χ0v) is 15.4. The molecule has 0 atom stereocenters. The second kappa shape index (κ2) is 8.16. The maximum atomic E-state index is 4.72. The first kappa shape index (κ1) is 17.5. The summed E-state index contributed by atoms with van der Waals surface area (Å²) in [6, 6.07) is 12.6. The maximum Gasteiger partial charge on any atom is 0.227 e. The predicted octanol–water partition coefficient (Wildman–Crippen LogP) is 2.09. The van der Waals surface area contributed by atoms with Gasteiger partial charge in [0.2, 0.25) is 5.95 Å². The van der Waals surface area contributed by atoms with Gasteiger partial charge in [-0.05, 0) is 33.2 Å². The van der Waals surface area contributed by atoms with Crippen LogP contribution in [-0.4, -0.2) is 68.2 Å². The van der Waals surface area contributed by atoms with E-state index in [1.54, 1.807) is 0 Å². The Balaban J connectivity index is 1.61. The molecule has 1 aliphatic heterocycles. The van der Waals surface area contributed by atoms with E-state index in [0.717, 1.165) is 56.7 Å². The average Bonchev–Trinajstić information content (AvgIpc) is 2.62. The summed E-state index contributed by atoms with van der Waals surface area (Å²) in [4.78, 5) is 16.2. The van der Waals surface area contributed by atoms with E-state index in [1.165, 1.54) is 5.69 Å². The molecule has 1 saturated heterocycles. The van der Waals surface area contributed by atoms with Gasteiger partial charge < -0.3 is 20.0 Å². The fourth-order valence-electron chi connectivity index (χ4n) is 3.00. The first-order chi connectivity index (χ1) is 12.1. The summed E-state index contributed by atoms with van der Waals surface area (Å²) >= 11 is 0. The van der Waals surface area contributed by atoms with E-state index in [-0.39, 0.29) is 0 Å². The maximum absolute atomic E-state index is 4.72. The van der Waals surface area contributed by atoms with Gasteiger partial charge in [-0.15, -0.1) is 0 Å². The van der Waals surface area contributed by atoms with Gasteiger partial charge in [0.05, 0.1) is 0 Å². The lowest BCUT2D eigenvalue weighted by Gasteiger charge is -2.36. The Morgan fingerprint density at radius 3 is 2.36 bits per heavy atom. The highest BCUT2D eigenvalue weighted by molar-refractivity contribution is 5.49. The molecule has 0 spiro atoms. The second-order valence-electron chi connectivity index (χ2n) is 6.73. The number of piperazine rings is 1. The monoisotopic (exact) mass is 340 g/mol. The highest BCUT2D eigenvalue weighted by Crippen LogP contribution is 2.19. The third-order valence-corrected chi connectivity index (χ3v) is 4.39. The van der Waals surface area contributed by atoms with Crippen molar-refractivity contribution in [2.45, 2.75) is 6.92 Å². The highest BCUT2D eigenvalue weighted by atomic mass is 15.3. The van der Waals surface area contributed by atoms with Gasteiger partial charge in [-0.2, -0.15) is 4.98 Å². The molecule has 2 heterocycles. The van der Waals surface area contributed by atoms with Crippen LogP contribution < -0.4 is 15.1 Å². The van der Waals surface area contributed by atoms with E-state index in [1.807, 2.05) is 13.0 Å². The van der Waals surface area contributed by atoms with E-state index in [2.05, 4.69) is 69.4 Å². The van der Waals surface area contributed by atoms with Crippen molar-refractivity contribution >= 4 is 17.5 Å². The minimum atomic E-state index is 0.833. The third-order valence-electron chi connectivity index (χ3n) is 4.39. The molecule has 0 saturated carbocycles. The van der Waals surface area contributed by atoms with Crippen molar-refractivity contribution in [1.82, 2.24) is 14.9 Å². The zero-order chi connectivity index (χ0) is 17.6. The van der Waals surface area contributed by atoms with Crippen LogP contribution in [0, 0.1) is 6.92 Å². The summed E-state index contributed by atoms with van der Waals surface area (Å²) in [5.41, 5.74) is 2.29. The Hall–Kier alpha value is -2.34. The number of benzene rings is 1. The van der Waals surface area contributed by atoms with E-state index < -0.39 is 0 Å². The van der Waals surface area contributed by atoms with Gasteiger partial charge in [-0.3, -0.25) is 0 Å². The van der Waals surface area contributed by atoms with Crippen LogP contribution in [0.3, 0.4) is 0 Å². The van der Waals surface area contributed by atoms with Crippen molar-refractivity contribution in [3.63, 3.8) is 0 Å². The van der Waals surface area contributed by atoms with Crippen LogP contribution in [0.5, 0.6) is 0 Å². The SMILES string of the molecule is Cc1cc(NCCN(C)C)nc(N2CCN(c3ccccc3)CC2)n1. The molecule has 0 amide bonds. The van der Waals surface area contributed by atoms with Crippen LogP contribution in [0.1, 0.15) is 5.69 Å². The van der Waals surface area contributed by atoms with Gasteiger partial charge in [0.25, 0.3) is 0 Å². The lowest BCUT2D eigenvalue weighted by atomic mass is 10.2. The number of hydrogen-bond acceptors (Lipinski definition) is 6. The minimum Gasteiger partial charge on any atom is -0.369 e. The molecule has 3 rings (SSSR count). The number of para-hydroxylation sites is 1. The van der Waals surface area contributed by atoms with Crippen LogP contribution in [0.25, 0.3) is 0 Å². The number of hydrogen-bond donors (Lipinski definition) is 1. The lowest BCUT2D eigenvalue weighted by Crippen LogP contribution is -2.47. The lowest BCUT2D eigenvalue weighted by molar-refractivity contribution is 0.425. The highest BCUT2D eigenvalue weighted by Gasteiger charge is 2.19. The summed E-state index contributed by atoms with van der Waals surface area (Å²) in [6.07, 6.45) is 0. The normalized spacial score (nSPS) is 14.9. The number of likely N-dealkylation sites (N-methyl/N-ethyl adjacent to an activating group) is 1. The van der Waals surface area contributed by atoms with E-state index in [9.17, 15) is 0 Å². The fraction of sp³-hybridized carbons (Fsp3) is 0.474. The second-order valence-corrected chi connectivity index (χ2v) is 6.73. The molecular formula is C19H28N6. The molecule has 2 aromatic rings. The Bertz CT molecular complexity index is 665. The molecule has 0 aliphatic carbocycles. The number of aryl methyl sites for hydroxylation is 1. The predicted molar refractivity (Wildman–Crippen MR) is 105 cm³/mol. The van der Waals surface area contributed by atoms with Crippen molar-refractivity contribution in [2.24, 2.45) is 0 Å². The van der Waals surface area contributed by atoms with Gasteiger partial charge in [-0.1, -0.05) is 18.2 Å². The van der Waals surface area contributed by atoms with Gasteiger partial charge in [-0.25, -0.2) is 4.98 Å². The molecule has 1 aromatic carbocycles. The molecule has 25 heavy (non-hydrogen) atoms. The number of aromatic nitrogens is 2. The van der Waals surface area contributed by atoms with Gasteiger partial charge in [0.15, 0.2) is 0 Å². The smallest absolute Gasteiger partial charge is 0.227 e. The summed E-state index contributed by atoms with van der Waals surface area (Å²) in [5.74, 6) is 1.75. The summed E-state index contributed by atoms with van der Waals surface area (Å²) in [5, 5.41) is 3.40. The summed E-state index contributed by atoms with van der Waals surface area (Å²) in [7, 11) is 4.15. The largest absolute Gasteiger partial charge is 0.369 e. The van der Waals surface area contributed by atoms with Crippen LogP contribution >= 0.6 is 0 Å². The molecule has 0 bridgehead atoms. The molecule has 1 aliphatic rings. The molecular weight excluding hydrogens is 312 g/mol. The van der Waals surface area contributed by atoms with Crippen molar-refractivity contribution in [3.05, 3.63) is 42.1 Å². The number of nitrogens with zero attached hydrogens (tertiary/aromatic N) is 5. The molecule has 134 valence electrons. The molecule has 6 nitrogen and oxygen atoms in total. The van der Waals surface area contributed by atoms with Crippen molar-refractivity contribution < 1.29 is 0 Å². The van der Waals surface area contributed by atoms with Gasteiger partial charge in [0.1, 0.15) is 5.82 Å². The van der Waals surface area contributed by atoms with Crippen molar-refractivity contribution in [2.75, 3.05) is 68.5 Å². The Morgan fingerprint density at radius 1 is 1.00 bits per heavy atom. The standard InChI is InChI=1S/C19H28N6/c1-16-15-18(20-9-10-23(2)3)22-19(21-16)25-13-11-24(12-14-25)17-7-5-4-6-8-17/h4-8,15H,9-14H2,1-3H3,(H,20,21,22). The summed E-state index contributed by atoms with van der Waals surface area (Å²) < 4.78 is 0. The quantitative estimate of drug-likeness (QED) is 0.869. The number of rotatable bonds is 6. The number of anilines is 3. The van der Waals surface area contributed by atoms with E-state index in [4.69, 9.17) is 4.98 Å².